The van der Waals surface area contributed by atoms with Crippen molar-refractivity contribution in [3.8, 4) is 0 Å². The standard InChI is InChI=1S/C49H82/c1-5-9-13-17-21-25-29-33-44-37-45(34-30-26-22-18-14-10-6-2)40-48(39-44)43-49-41-46(35-31-27-23-19-15-11-7-3)38-47(42-49)36-32-28-24-20-16-12-8-4/h37-39,41H,5-36,43H2,1-4H3. The summed E-state index contributed by atoms with van der Waals surface area (Å²) in [6.07, 6.45) is 44.4. The molecule has 0 aliphatic heterocycles. The van der Waals surface area contributed by atoms with Crippen molar-refractivity contribution in [1.29, 1.82) is 0 Å². The summed E-state index contributed by atoms with van der Waals surface area (Å²) in [5.74, 6) is 0. The van der Waals surface area contributed by atoms with Crippen LogP contribution in [0.5, 0.6) is 0 Å². The van der Waals surface area contributed by atoms with Gasteiger partial charge < -0.3 is 0 Å². The Morgan fingerprint density at radius 3 is 0.837 bits per heavy atom. The van der Waals surface area contributed by atoms with E-state index in [1.54, 1.807) is 11.1 Å². The van der Waals surface area contributed by atoms with E-state index in [1.165, 1.54) is 228 Å². The fourth-order valence-electron chi connectivity index (χ4n) is 7.61. The Morgan fingerprint density at radius 1 is 0.286 bits per heavy atom. The lowest BCUT2D eigenvalue weighted by Crippen LogP contribution is -2.00. The van der Waals surface area contributed by atoms with E-state index >= 15 is 0 Å². The lowest BCUT2D eigenvalue weighted by molar-refractivity contribution is 0.587. The van der Waals surface area contributed by atoms with E-state index in [-0.39, 0.29) is 0 Å². The van der Waals surface area contributed by atoms with Crippen molar-refractivity contribution in [2.24, 2.45) is 0 Å². The van der Waals surface area contributed by atoms with E-state index < -0.39 is 0 Å². The maximum absolute atomic E-state index is 3.94. The molecule has 0 atom stereocenters. The molecular weight excluding hydrogens is 589 g/mol. The highest BCUT2D eigenvalue weighted by Gasteiger charge is 2.09. The number of unbranched alkanes of at least 4 members (excludes halogenated alkanes) is 24. The summed E-state index contributed by atoms with van der Waals surface area (Å²) in [4.78, 5) is 0. The highest BCUT2D eigenvalue weighted by molar-refractivity contribution is 5.36. The number of benzene rings is 2. The lowest BCUT2D eigenvalue weighted by atomic mass is 9.92. The Hall–Kier alpha value is -1.56. The third-order valence-corrected chi connectivity index (χ3v) is 10.7. The Bertz CT molecular complexity index is 861. The zero-order valence-corrected chi connectivity index (χ0v) is 33.6. The summed E-state index contributed by atoms with van der Waals surface area (Å²) in [6, 6.07) is 17.9. The van der Waals surface area contributed by atoms with Crippen LogP contribution in [0.4, 0.5) is 0 Å². The number of hydrogen-bond acceptors (Lipinski definition) is 0. The molecule has 0 unspecified atom stereocenters. The maximum atomic E-state index is 3.94. The van der Waals surface area contributed by atoms with Crippen molar-refractivity contribution in [2.75, 3.05) is 0 Å². The Balaban J connectivity index is 2.10. The molecule has 278 valence electrons. The third-order valence-electron chi connectivity index (χ3n) is 10.7. The normalized spacial score (nSPS) is 11.5. The molecule has 0 nitrogen and oxygen atoms in total. The monoisotopic (exact) mass is 671 g/mol. The quantitative estimate of drug-likeness (QED) is 0.0650. The van der Waals surface area contributed by atoms with Crippen LogP contribution >= 0.6 is 0 Å². The summed E-state index contributed by atoms with van der Waals surface area (Å²) < 4.78 is 0. The van der Waals surface area contributed by atoms with E-state index in [0.717, 1.165) is 6.42 Å². The lowest BCUT2D eigenvalue weighted by Gasteiger charge is -2.13. The third kappa shape index (κ3) is 23.5. The molecule has 0 bridgehead atoms. The van der Waals surface area contributed by atoms with Crippen molar-refractivity contribution >= 4 is 0 Å². The van der Waals surface area contributed by atoms with E-state index in [0.29, 0.717) is 0 Å². The van der Waals surface area contributed by atoms with Gasteiger partial charge in [-0.2, -0.15) is 0 Å². The van der Waals surface area contributed by atoms with E-state index in [1.807, 2.05) is 0 Å². The molecule has 0 N–H and O–H groups in total. The molecule has 0 fully saturated rings. The highest BCUT2D eigenvalue weighted by atomic mass is 14.1. The van der Waals surface area contributed by atoms with Crippen LogP contribution in [0.25, 0.3) is 0 Å². The maximum Gasteiger partial charge on any atom is -0.00130 e. The Labute approximate surface area is 308 Å². The van der Waals surface area contributed by atoms with E-state index in [2.05, 4.69) is 64.1 Å². The largest absolute Gasteiger partial charge is 0.0654 e. The summed E-state index contributed by atoms with van der Waals surface area (Å²) in [7, 11) is 0. The van der Waals surface area contributed by atoms with Gasteiger partial charge in [0.1, 0.15) is 0 Å². The molecule has 49 heavy (non-hydrogen) atoms. The second kappa shape index (κ2) is 31.2. The van der Waals surface area contributed by atoms with Crippen LogP contribution in [0.3, 0.4) is 0 Å². The van der Waals surface area contributed by atoms with Crippen LogP contribution in [0.2, 0.25) is 0 Å². The SMILES string of the molecule is CCCCCCCCCc1[c]c(Cc2[c]c(CCCCCCCCC)cc(CCCCCCCCC)c2)cc(CCCCCCCCC)c1. The summed E-state index contributed by atoms with van der Waals surface area (Å²) in [5.41, 5.74) is 8.86. The van der Waals surface area contributed by atoms with Gasteiger partial charge in [0, 0.05) is 0 Å². The molecule has 0 amide bonds. The average Bonchev–Trinajstić information content (AvgIpc) is 3.10. The molecule has 0 aliphatic rings. The second-order valence-electron chi connectivity index (χ2n) is 15.7. The molecule has 0 saturated heterocycles. The van der Waals surface area contributed by atoms with Gasteiger partial charge in [0.15, 0.2) is 0 Å². The van der Waals surface area contributed by atoms with E-state index in [9.17, 15) is 0 Å². The van der Waals surface area contributed by atoms with Crippen LogP contribution in [0.15, 0.2) is 24.3 Å². The second-order valence-corrected chi connectivity index (χ2v) is 15.7. The van der Waals surface area contributed by atoms with E-state index in [4.69, 9.17) is 0 Å². The van der Waals surface area contributed by atoms with Crippen LogP contribution in [-0.4, -0.2) is 0 Å². The van der Waals surface area contributed by atoms with Crippen molar-refractivity contribution in [3.63, 3.8) is 0 Å². The van der Waals surface area contributed by atoms with Gasteiger partial charge in [0.2, 0.25) is 0 Å². The smallest absolute Gasteiger partial charge is 0.00130 e. The molecule has 0 saturated carbocycles. The molecule has 0 heteroatoms. The minimum absolute atomic E-state index is 0.990. The van der Waals surface area contributed by atoms with Gasteiger partial charge in [-0.1, -0.05) is 206 Å². The zero-order chi connectivity index (χ0) is 35.0. The number of rotatable bonds is 34. The van der Waals surface area contributed by atoms with Gasteiger partial charge in [-0.05, 0) is 103 Å². The predicted octanol–water partition coefficient (Wildman–Crippen LogP) is 16.1. The first-order chi connectivity index (χ1) is 24.2. The Kier molecular flexibility index (Phi) is 27.8. The molecule has 2 rings (SSSR count). The molecule has 0 aliphatic carbocycles. The van der Waals surface area contributed by atoms with Crippen molar-refractivity contribution in [2.45, 2.75) is 240 Å². The molecule has 0 spiro atoms. The molecule has 0 heterocycles. The molecular formula is C49H82. The van der Waals surface area contributed by atoms with Gasteiger partial charge in [-0.15, -0.1) is 0 Å². The average molecular weight is 671 g/mol. The molecule has 2 radical (unpaired) electrons. The first-order valence-corrected chi connectivity index (χ1v) is 22.3. The van der Waals surface area contributed by atoms with Crippen LogP contribution in [-0.2, 0) is 32.1 Å². The van der Waals surface area contributed by atoms with Crippen molar-refractivity contribution in [1.82, 2.24) is 0 Å². The van der Waals surface area contributed by atoms with Gasteiger partial charge in [-0.3, -0.25) is 0 Å². The fourth-order valence-corrected chi connectivity index (χ4v) is 7.61. The molecule has 2 aromatic rings. The summed E-state index contributed by atoms with van der Waals surface area (Å²) >= 11 is 0. The van der Waals surface area contributed by atoms with Gasteiger partial charge in [-0.25, -0.2) is 0 Å². The molecule has 2 aromatic carbocycles. The Morgan fingerprint density at radius 2 is 0.531 bits per heavy atom. The highest BCUT2D eigenvalue weighted by Crippen LogP contribution is 2.23. The topological polar surface area (TPSA) is 0 Å². The summed E-state index contributed by atoms with van der Waals surface area (Å²) in [6.45, 7) is 9.26. The fraction of sp³-hybridized carbons (Fsp3) is 0.755. The molecule has 0 aromatic heterocycles. The van der Waals surface area contributed by atoms with Crippen molar-refractivity contribution < 1.29 is 0 Å². The summed E-state index contributed by atoms with van der Waals surface area (Å²) in [5, 5.41) is 0. The first kappa shape index (κ1) is 43.6. The zero-order valence-electron chi connectivity index (χ0n) is 33.6. The van der Waals surface area contributed by atoms with Gasteiger partial charge in [0.05, 0.1) is 0 Å². The van der Waals surface area contributed by atoms with Gasteiger partial charge >= 0.3 is 0 Å². The predicted molar refractivity (Wildman–Crippen MR) is 220 cm³/mol. The van der Waals surface area contributed by atoms with Crippen LogP contribution in [0.1, 0.15) is 241 Å². The minimum Gasteiger partial charge on any atom is -0.0654 e. The number of aryl methyl sites for hydroxylation is 4. The first-order valence-electron chi connectivity index (χ1n) is 22.3. The van der Waals surface area contributed by atoms with Crippen LogP contribution in [0, 0.1) is 12.1 Å². The minimum atomic E-state index is 0.990. The van der Waals surface area contributed by atoms with Crippen molar-refractivity contribution in [3.05, 3.63) is 69.8 Å². The van der Waals surface area contributed by atoms with Gasteiger partial charge in [0.25, 0.3) is 0 Å². The van der Waals surface area contributed by atoms with Crippen LogP contribution < -0.4 is 0 Å². The number of hydrogen-bond donors (Lipinski definition) is 0.